The topological polar surface area (TPSA) is 17.8 Å². The van der Waals surface area contributed by atoms with E-state index >= 15 is 0 Å². The Labute approximate surface area is 77.8 Å². The molecule has 2 rings (SSSR count). The first-order valence-electron chi connectivity index (χ1n) is 4.25. The molecule has 2 aromatic rings. The van der Waals surface area contributed by atoms with Crippen molar-refractivity contribution in [2.45, 2.75) is 6.92 Å². The molecule has 0 aliphatic carbocycles. The molecule has 13 heavy (non-hydrogen) atoms. The third kappa shape index (κ3) is 1.35. The number of nitrogens with zero attached hydrogens (tertiary/aromatic N) is 2. The average molecular weight is 171 g/mol. The van der Waals surface area contributed by atoms with Crippen LogP contribution in [0.25, 0.3) is 11.3 Å². The van der Waals surface area contributed by atoms with Crippen molar-refractivity contribution >= 4 is 0 Å². The molecule has 2 nitrogen and oxygen atoms in total. The van der Waals surface area contributed by atoms with Gasteiger partial charge < -0.3 is 0 Å². The minimum absolute atomic E-state index is 1.10. The van der Waals surface area contributed by atoms with Crippen molar-refractivity contribution in [1.82, 2.24) is 9.78 Å². The van der Waals surface area contributed by atoms with Crippen LogP contribution in [0, 0.1) is 13.0 Å². The van der Waals surface area contributed by atoms with Gasteiger partial charge in [0.05, 0.1) is 11.9 Å². The van der Waals surface area contributed by atoms with Crippen LogP contribution in [-0.4, -0.2) is 9.78 Å². The van der Waals surface area contributed by atoms with E-state index in [1.54, 1.807) is 0 Å². The van der Waals surface area contributed by atoms with Gasteiger partial charge in [-0.2, -0.15) is 5.10 Å². The predicted octanol–water partition coefficient (Wildman–Crippen LogP) is 2.20. The molecule has 1 radical (unpaired) electrons. The van der Waals surface area contributed by atoms with Gasteiger partial charge >= 0.3 is 0 Å². The van der Waals surface area contributed by atoms with Gasteiger partial charge in [-0.05, 0) is 18.6 Å². The van der Waals surface area contributed by atoms with Gasteiger partial charge in [0.15, 0.2) is 0 Å². The lowest BCUT2D eigenvalue weighted by atomic mass is 10.1. The molecule has 2 heteroatoms. The van der Waals surface area contributed by atoms with E-state index in [2.05, 4.69) is 18.1 Å². The molecule has 0 fully saturated rings. The summed E-state index contributed by atoms with van der Waals surface area (Å²) >= 11 is 0. The normalized spacial score (nSPS) is 10.3. The second kappa shape index (κ2) is 3.05. The van der Waals surface area contributed by atoms with Crippen LogP contribution >= 0.6 is 0 Å². The van der Waals surface area contributed by atoms with Gasteiger partial charge in [-0.25, -0.2) is 0 Å². The van der Waals surface area contributed by atoms with E-state index < -0.39 is 0 Å². The quantitative estimate of drug-likeness (QED) is 0.643. The first-order chi connectivity index (χ1) is 6.29. The van der Waals surface area contributed by atoms with Crippen LogP contribution < -0.4 is 0 Å². The predicted molar refractivity (Wildman–Crippen MR) is 52.2 cm³/mol. The lowest BCUT2D eigenvalue weighted by Crippen LogP contribution is -1.93. The van der Waals surface area contributed by atoms with Crippen molar-refractivity contribution in [3.8, 4) is 11.3 Å². The second-order valence-electron chi connectivity index (χ2n) is 3.08. The highest BCUT2D eigenvalue weighted by molar-refractivity contribution is 5.61. The third-order valence-corrected chi connectivity index (χ3v) is 2.09. The van der Waals surface area contributed by atoms with E-state index in [1.807, 2.05) is 42.2 Å². The fourth-order valence-corrected chi connectivity index (χ4v) is 1.47. The second-order valence-corrected chi connectivity index (χ2v) is 3.08. The maximum atomic E-state index is 4.19. The number of hydrogen-bond acceptors (Lipinski definition) is 1. The van der Waals surface area contributed by atoms with Crippen molar-refractivity contribution in [1.29, 1.82) is 0 Å². The third-order valence-electron chi connectivity index (χ3n) is 2.09. The Morgan fingerprint density at radius 1 is 1.38 bits per heavy atom. The van der Waals surface area contributed by atoms with Gasteiger partial charge in [0.25, 0.3) is 0 Å². The molecule has 1 aromatic heterocycles. The van der Waals surface area contributed by atoms with E-state index in [9.17, 15) is 0 Å². The standard InChI is InChI=1S/C11H11N2/c1-9-8-12-13(2)11(9)10-6-4-3-5-7-10/h3-6,8H,1-2H3. The Morgan fingerprint density at radius 3 is 2.77 bits per heavy atom. The summed E-state index contributed by atoms with van der Waals surface area (Å²) in [6.45, 7) is 2.06. The van der Waals surface area contributed by atoms with Crippen LogP contribution in [0.2, 0.25) is 0 Å². The highest BCUT2D eigenvalue weighted by Gasteiger charge is 2.05. The van der Waals surface area contributed by atoms with Gasteiger partial charge in [-0.15, -0.1) is 0 Å². The number of aryl methyl sites for hydroxylation is 2. The molecule has 0 atom stereocenters. The molecule has 0 aliphatic heterocycles. The van der Waals surface area contributed by atoms with Gasteiger partial charge in [-0.3, -0.25) is 4.68 Å². The van der Waals surface area contributed by atoms with E-state index in [1.165, 1.54) is 5.56 Å². The Bertz CT molecular complexity index is 382. The SMILES string of the molecule is Cc1cnn(C)c1-c1[c]cccc1. The summed E-state index contributed by atoms with van der Waals surface area (Å²) in [6, 6.07) is 11.1. The summed E-state index contributed by atoms with van der Waals surface area (Å²) in [5, 5.41) is 4.19. The molecule has 0 unspecified atom stereocenters. The van der Waals surface area contributed by atoms with E-state index in [4.69, 9.17) is 0 Å². The largest absolute Gasteiger partial charge is 0.268 e. The van der Waals surface area contributed by atoms with Gasteiger partial charge in [0.2, 0.25) is 0 Å². The lowest BCUT2D eigenvalue weighted by molar-refractivity contribution is 0.775. The van der Waals surface area contributed by atoms with Crippen molar-refractivity contribution in [3.05, 3.63) is 42.1 Å². The molecule has 0 saturated heterocycles. The van der Waals surface area contributed by atoms with Gasteiger partial charge in [0, 0.05) is 12.6 Å². The summed E-state index contributed by atoms with van der Waals surface area (Å²) < 4.78 is 1.88. The van der Waals surface area contributed by atoms with Crippen molar-refractivity contribution < 1.29 is 0 Å². The maximum Gasteiger partial charge on any atom is 0.0714 e. The number of hydrogen-bond donors (Lipinski definition) is 0. The minimum Gasteiger partial charge on any atom is -0.268 e. The number of aromatic nitrogens is 2. The highest BCUT2D eigenvalue weighted by atomic mass is 15.3. The van der Waals surface area contributed by atoms with E-state index in [0.29, 0.717) is 0 Å². The lowest BCUT2D eigenvalue weighted by Gasteiger charge is -2.02. The Balaban J connectivity index is 2.59. The zero-order valence-electron chi connectivity index (χ0n) is 7.78. The van der Waals surface area contributed by atoms with E-state index in [0.717, 1.165) is 11.3 Å². The molecule has 65 valence electrons. The molecule has 0 amide bonds. The molecular formula is C11H11N2. The van der Waals surface area contributed by atoms with Crippen LogP contribution in [0.4, 0.5) is 0 Å². The van der Waals surface area contributed by atoms with Gasteiger partial charge in [-0.1, -0.05) is 24.3 Å². The van der Waals surface area contributed by atoms with Gasteiger partial charge in [0.1, 0.15) is 0 Å². The molecule has 0 bridgehead atoms. The van der Waals surface area contributed by atoms with E-state index in [-0.39, 0.29) is 0 Å². The molecule has 0 spiro atoms. The molecule has 1 heterocycles. The molecular weight excluding hydrogens is 160 g/mol. The Hall–Kier alpha value is -1.57. The number of rotatable bonds is 1. The van der Waals surface area contributed by atoms with Crippen LogP contribution in [-0.2, 0) is 7.05 Å². The van der Waals surface area contributed by atoms with Crippen LogP contribution in [0.1, 0.15) is 5.56 Å². The van der Waals surface area contributed by atoms with Crippen LogP contribution in [0.3, 0.4) is 0 Å². The summed E-state index contributed by atoms with van der Waals surface area (Å²) in [4.78, 5) is 0. The molecule has 1 aromatic carbocycles. The Morgan fingerprint density at radius 2 is 2.23 bits per heavy atom. The maximum absolute atomic E-state index is 4.19. The number of benzene rings is 1. The smallest absolute Gasteiger partial charge is 0.0714 e. The Kier molecular flexibility index (Phi) is 1.89. The first kappa shape index (κ1) is 8.05. The fourth-order valence-electron chi connectivity index (χ4n) is 1.47. The molecule has 0 saturated carbocycles. The van der Waals surface area contributed by atoms with Crippen LogP contribution in [0.15, 0.2) is 30.5 Å². The van der Waals surface area contributed by atoms with Crippen LogP contribution in [0.5, 0.6) is 0 Å². The van der Waals surface area contributed by atoms with Crippen molar-refractivity contribution in [3.63, 3.8) is 0 Å². The summed E-state index contributed by atoms with van der Waals surface area (Å²) in [5.41, 5.74) is 3.42. The molecule has 0 aliphatic rings. The van der Waals surface area contributed by atoms with Crippen molar-refractivity contribution in [2.24, 2.45) is 7.05 Å². The first-order valence-corrected chi connectivity index (χ1v) is 4.25. The fraction of sp³-hybridized carbons (Fsp3) is 0.182. The minimum atomic E-state index is 1.10. The summed E-state index contributed by atoms with van der Waals surface area (Å²) in [7, 11) is 1.95. The zero-order chi connectivity index (χ0) is 9.26. The average Bonchev–Trinajstić information content (AvgIpc) is 2.48. The molecule has 0 N–H and O–H groups in total. The zero-order valence-corrected chi connectivity index (χ0v) is 7.78. The summed E-state index contributed by atoms with van der Waals surface area (Å²) in [6.07, 6.45) is 1.87. The highest BCUT2D eigenvalue weighted by Crippen LogP contribution is 2.20. The monoisotopic (exact) mass is 171 g/mol. The van der Waals surface area contributed by atoms with Crippen molar-refractivity contribution in [2.75, 3.05) is 0 Å². The summed E-state index contributed by atoms with van der Waals surface area (Å²) in [5.74, 6) is 0.